The van der Waals surface area contributed by atoms with Crippen LogP contribution >= 0.6 is 39.9 Å². The minimum absolute atomic E-state index is 0. The van der Waals surface area contributed by atoms with Crippen molar-refractivity contribution in [2.45, 2.75) is 23.8 Å². The van der Waals surface area contributed by atoms with Gasteiger partial charge in [-0.15, -0.1) is 12.4 Å². The number of halogens is 3. The minimum Gasteiger partial charge on any atom is -0.326 e. The summed E-state index contributed by atoms with van der Waals surface area (Å²) in [5, 5.41) is 0.185. The van der Waals surface area contributed by atoms with E-state index in [1.807, 2.05) is 0 Å². The van der Waals surface area contributed by atoms with Gasteiger partial charge in [-0.25, -0.2) is 13.1 Å². The SMILES string of the molecule is Cl.NC(CNS(=O)(=O)c1cccc(Br)c1Cl)C1CC1. The van der Waals surface area contributed by atoms with E-state index in [1.54, 1.807) is 12.1 Å². The van der Waals surface area contributed by atoms with Gasteiger partial charge in [-0.1, -0.05) is 17.7 Å². The highest BCUT2D eigenvalue weighted by atomic mass is 79.9. The van der Waals surface area contributed by atoms with Gasteiger partial charge in [0.1, 0.15) is 4.90 Å². The van der Waals surface area contributed by atoms with E-state index >= 15 is 0 Å². The van der Waals surface area contributed by atoms with Crippen molar-refractivity contribution in [3.63, 3.8) is 0 Å². The molecule has 108 valence electrons. The van der Waals surface area contributed by atoms with Crippen molar-refractivity contribution in [2.75, 3.05) is 6.54 Å². The minimum atomic E-state index is -3.61. The fourth-order valence-electron chi connectivity index (χ4n) is 1.67. The molecule has 1 aliphatic rings. The molecule has 0 amide bonds. The zero-order valence-electron chi connectivity index (χ0n) is 9.97. The van der Waals surface area contributed by atoms with Crippen LogP contribution in [0, 0.1) is 5.92 Å². The van der Waals surface area contributed by atoms with Gasteiger partial charge in [-0.3, -0.25) is 0 Å². The number of hydrogen-bond acceptors (Lipinski definition) is 3. The van der Waals surface area contributed by atoms with Gasteiger partial charge in [0.05, 0.1) is 5.02 Å². The summed E-state index contributed by atoms with van der Waals surface area (Å²) in [5.74, 6) is 0.450. The molecular formula is C11H15BrCl2N2O2S. The first-order valence-electron chi connectivity index (χ1n) is 5.61. The van der Waals surface area contributed by atoms with Gasteiger partial charge >= 0.3 is 0 Å². The molecule has 4 nitrogen and oxygen atoms in total. The van der Waals surface area contributed by atoms with Crippen molar-refractivity contribution >= 4 is 50.0 Å². The highest BCUT2D eigenvalue weighted by Crippen LogP contribution is 2.32. The third-order valence-corrected chi connectivity index (χ3v) is 5.82. The van der Waals surface area contributed by atoms with Gasteiger partial charge in [-0.2, -0.15) is 0 Å². The van der Waals surface area contributed by atoms with E-state index in [1.165, 1.54) is 6.07 Å². The summed E-state index contributed by atoms with van der Waals surface area (Å²) in [4.78, 5) is 0.0709. The van der Waals surface area contributed by atoms with E-state index in [4.69, 9.17) is 17.3 Å². The summed E-state index contributed by atoms with van der Waals surface area (Å²) < 4.78 is 27.2. The molecule has 19 heavy (non-hydrogen) atoms. The van der Waals surface area contributed by atoms with Crippen molar-refractivity contribution in [3.8, 4) is 0 Å². The van der Waals surface area contributed by atoms with Gasteiger partial charge in [0.25, 0.3) is 0 Å². The first-order chi connectivity index (χ1) is 8.42. The predicted octanol–water partition coefficient (Wildman–Crippen LogP) is 2.54. The Morgan fingerprint density at radius 1 is 1.47 bits per heavy atom. The lowest BCUT2D eigenvalue weighted by atomic mass is 10.2. The predicted molar refractivity (Wildman–Crippen MR) is 82.3 cm³/mol. The second-order valence-electron chi connectivity index (χ2n) is 4.41. The molecule has 1 aromatic carbocycles. The van der Waals surface area contributed by atoms with Gasteiger partial charge in [0.15, 0.2) is 0 Å². The van der Waals surface area contributed by atoms with Crippen molar-refractivity contribution in [1.29, 1.82) is 0 Å². The van der Waals surface area contributed by atoms with Crippen molar-refractivity contribution in [2.24, 2.45) is 11.7 Å². The standard InChI is InChI=1S/C11H14BrClN2O2S.ClH/c12-8-2-1-3-10(11(8)13)18(16,17)15-6-9(14)7-4-5-7;/h1-3,7,9,15H,4-6,14H2;1H. The topological polar surface area (TPSA) is 72.2 Å². The normalized spacial score (nSPS) is 16.8. The van der Waals surface area contributed by atoms with Crippen LogP contribution in [0.3, 0.4) is 0 Å². The van der Waals surface area contributed by atoms with Crippen LogP contribution in [0.25, 0.3) is 0 Å². The van der Waals surface area contributed by atoms with E-state index in [9.17, 15) is 8.42 Å². The molecule has 1 saturated carbocycles. The Bertz CT molecular complexity index is 550. The third kappa shape index (κ3) is 4.31. The highest BCUT2D eigenvalue weighted by molar-refractivity contribution is 9.10. The molecular weight excluding hydrogens is 375 g/mol. The van der Waals surface area contributed by atoms with Gasteiger partial charge in [0.2, 0.25) is 10.0 Å². The second kappa shape index (κ2) is 6.74. The molecule has 0 bridgehead atoms. The molecule has 1 aromatic rings. The first-order valence-corrected chi connectivity index (χ1v) is 8.26. The molecule has 8 heteroatoms. The smallest absolute Gasteiger partial charge is 0.242 e. The molecule has 2 rings (SSSR count). The molecule has 1 aliphatic carbocycles. The van der Waals surface area contributed by atoms with Crippen molar-refractivity contribution < 1.29 is 8.42 Å². The lowest BCUT2D eigenvalue weighted by molar-refractivity contribution is 0.548. The number of sulfonamides is 1. The lowest BCUT2D eigenvalue weighted by Gasteiger charge is -2.13. The van der Waals surface area contributed by atoms with E-state index in [2.05, 4.69) is 20.7 Å². The number of rotatable bonds is 5. The molecule has 0 aromatic heterocycles. The Morgan fingerprint density at radius 3 is 2.68 bits per heavy atom. The van der Waals surface area contributed by atoms with Gasteiger partial charge in [-0.05, 0) is 46.8 Å². The van der Waals surface area contributed by atoms with Gasteiger partial charge < -0.3 is 5.73 Å². The van der Waals surface area contributed by atoms with E-state index in [0.717, 1.165) is 12.8 Å². The summed E-state index contributed by atoms with van der Waals surface area (Å²) >= 11 is 9.17. The maximum absolute atomic E-state index is 12.1. The quantitative estimate of drug-likeness (QED) is 0.812. The first kappa shape index (κ1) is 17.2. The molecule has 1 fully saturated rings. The second-order valence-corrected chi connectivity index (χ2v) is 7.37. The summed E-state index contributed by atoms with van der Waals surface area (Å²) in [6, 6.07) is 4.67. The fraction of sp³-hybridized carbons (Fsp3) is 0.455. The summed E-state index contributed by atoms with van der Waals surface area (Å²) in [7, 11) is -3.61. The van der Waals surface area contributed by atoms with Crippen LogP contribution in [0.4, 0.5) is 0 Å². The molecule has 0 aliphatic heterocycles. The number of benzene rings is 1. The summed E-state index contributed by atoms with van der Waals surface area (Å²) in [6.07, 6.45) is 2.17. The fourth-order valence-corrected chi connectivity index (χ4v) is 3.77. The van der Waals surface area contributed by atoms with Crippen LogP contribution in [0.5, 0.6) is 0 Å². The zero-order chi connectivity index (χ0) is 13.3. The Hall–Kier alpha value is 0.150. The van der Waals surface area contributed by atoms with Crippen molar-refractivity contribution in [1.82, 2.24) is 4.72 Å². The number of nitrogens with one attached hydrogen (secondary N) is 1. The Labute approximate surface area is 132 Å². The molecule has 1 atom stereocenters. The van der Waals surface area contributed by atoms with Gasteiger partial charge in [0, 0.05) is 17.1 Å². The van der Waals surface area contributed by atoms with Crippen LogP contribution in [-0.4, -0.2) is 21.0 Å². The van der Waals surface area contributed by atoms with E-state index in [0.29, 0.717) is 10.4 Å². The Morgan fingerprint density at radius 2 is 2.11 bits per heavy atom. The highest BCUT2D eigenvalue weighted by Gasteiger charge is 2.29. The third-order valence-electron chi connectivity index (χ3n) is 2.94. The van der Waals surface area contributed by atoms with Crippen LogP contribution in [-0.2, 0) is 10.0 Å². The monoisotopic (exact) mass is 388 g/mol. The molecule has 0 radical (unpaired) electrons. The summed E-state index contributed by atoms with van der Waals surface area (Å²) in [6.45, 7) is 0.246. The maximum atomic E-state index is 12.1. The number of nitrogens with two attached hydrogens (primary N) is 1. The van der Waals surface area contributed by atoms with Crippen LogP contribution in [0.15, 0.2) is 27.6 Å². The molecule has 0 heterocycles. The molecule has 1 unspecified atom stereocenters. The largest absolute Gasteiger partial charge is 0.326 e. The molecule has 0 spiro atoms. The van der Waals surface area contributed by atoms with E-state index < -0.39 is 10.0 Å². The van der Waals surface area contributed by atoms with Crippen LogP contribution in [0.2, 0.25) is 5.02 Å². The summed E-state index contributed by atoms with van der Waals surface area (Å²) in [5.41, 5.74) is 5.86. The molecule has 0 saturated heterocycles. The lowest BCUT2D eigenvalue weighted by Crippen LogP contribution is -2.38. The molecule has 3 N–H and O–H groups in total. The maximum Gasteiger partial charge on any atom is 0.242 e. The van der Waals surface area contributed by atoms with E-state index in [-0.39, 0.29) is 34.9 Å². The van der Waals surface area contributed by atoms with Crippen LogP contribution in [0.1, 0.15) is 12.8 Å². The number of hydrogen-bond donors (Lipinski definition) is 2. The average Bonchev–Trinajstić information content (AvgIpc) is 3.13. The zero-order valence-corrected chi connectivity index (χ0v) is 13.9. The van der Waals surface area contributed by atoms with Crippen LogP contribution < -0.4 is 10.5 Å². The Balaban J connectivity index is 0.00000180. The Kier molecular flexibility index (Phi) is 6.10. The van der Waals surface area contributed by atoms with Crippen molar-refractivity contribution in [3.05, 3.63) is 27.7 Å². The average molecular weight is 390 g/mol.